The van der Waals surface area contributed by atoms with Gasteiger partial charge in [-0.15, -0.1) is 0 Å². The highest BCUT2D eigenvalue weighted by Crippen LogP contribution is 2.38. The molecule has 1 aliphatic rings. The van der Waals surface area contributed by atoms with Crippen LogP contribution in [-0.2, 0) is 14.6 Å². The molecule has 0 saturated heterocycles. The van der Waals surface area contributed by atoms with Crippen LogP contribution in [0, 0.1) is 5.82 Å². The lowest BCUT2D eigenvalue weighted by Crippen LogP contribution is -2.33. The van der Waals surface area contributed by atoms with E-state index in [1.54, 1.807) is 6.92 Å². The third kappa shape index (κ3) is 3.58. The topological polar surface area (TPSA) is 71.4 Å². The first-order chi connectivity index (χ1) is 10.8. The van der Waals surface area contributed by atoms with E-state index in [2.05, 4.69) is 0 Å². The van der Waals surface area contributed by atoms with E-state index in [1.807, 2.05) is 0 Å². The number of halogens is 2. The maximum Gasteiger partial charge on any atom is 0.332 e. The Balaban J connectivity index is 2.49. The number of hydrogen-bond acceptors (Lipinski definition) is 3. The molecule has 0 aliphatic heterocycles. The van der Waals surface area contributed by atoms with Crippen molar-refractivity contribution in [2.45, 2.75) is 43.1 Å². The molecular formula is C16H18ClFO4S. The molecule has 7 heteroatoms. The Morgan fingerprint density at radius 1 is 1.48 bits per heavy atom. The van der Waals surface area contributed by atoms with E-state index in [0.29, 0.717) is 18.4 Å². The second-order valence-electron chi connectivity index (χ2n) is 5.54. The zero-order chi connectivity index (χ0) is 17.2. The zero-order valence-corrected chi connectivity index (χ0v) is 14.2. The van der Waals surface area contributed by atoms with E-state index in [-0.39, 0.29) is 23.4 Å². The Morgan fingerprint density at radius 2 is 2.17 bits per heavy atom. The number of rotatable bonds is 5. The van der Waals surface area contributed by atoms with Gasteiger partial charge in [0.15, 0.2) is 9.84 Å². The van der Waals surface area contributed by atoms with Crippen LogP contribution in [0.15, 0.2) is 29.8 Å². The summed E-state index contributed by atoms with van der Waals surface area (Å²) in [6.45, 7) is 1.69. The van der Waals surface area contributed by atoms with Gasteiger partial charge in [0.2, 0.25) is 0 Å². The van der Waals surface area contributed by atoms with Crippen molar-refractivity contribution < 1.29 is 22.7 Å². The summed E-state index contributed by atoms with van der Waals surface area (Å²) in [5.41, 5.74) is 0.235. The third-order valence-electron chi connectivity index (χ3n) is 4.10. The zero-order valence-electron chi connectivity index (χ0n) is 12.6. The van der Waals surface area contributed by atoms with E-state index in [4.69, 9.17) is 11.6 Å². The molecule has 0 amide bonds. The molecule has 23 heavy (non-hydrogen) atoms. The lowest BCUT2D eigenvalue weighted by atomic mass is 9.99. The van der Waals surface area contributed by atoms with Gasteiger partial charge < -0.3 is 5.11 Å². The van der Waals surface area contributed by atoms with Gasteiger partial charge in [-0.1, -0.05) is 30.7 Å². The number of carbonyl (C=O) groups is 1. The van der Waals surface area contributed by atoms with Crippen LogP contribution in [0.5, 0.6) is 0 Å². The predicted molar refractivity (Wildman–Crippen MR) is 86.7 cm³/mol. The lowest BCUT2D eigenvalue weighted by molar-refractivity contribution is -0.132. The summed E-state index contributed by atoms with van der Waals surface area (Å²) in [5.74, 6) is -1.76. The fourth-order valence-corrected chi connectivity index (χ4v) is 5.83. The highest BCUT2D eigenvalue weighted by Gasteiger charge is 2.40. The molecule has 0 bridgehead atoms. The van der Waals surface area contributed by atoms with Crippen molar-refractivity contribution in [3.8, 4) is 0 Å². The average molecular weight is 361 g/mol. The molecule has 0 spiro atoms. The van der Waals surface area contributed by atoms with Gasteiger partial charge in [-0.05, 0) is 43.4 Å². The van der Waals surface area contributed by atoms with E-state index in [1.165, 1.54) is 12.1 Å². The van der Waals surface area contributed by atoms with Crippen LogP contribution in [0.1, 0.15) is 43.4 Å². The minimum Gasteiger partial charge on any atom is -0.478 e. The molecule has 1 aliphatic carbocycles. The van der Waals surface area contributed by atoms with Gasteiger partial charge in [0.1, 0.15) is 5.82 Å². The van der Waals surface area contributed by atoms with Crippen LogP contribution in [-0.4, -0.2) is 24.7 Å². The van der Waals surface area contributed by atoms with Crippen molar-refractivity contribution in [3.63, 3.8) is 0 Å². The van der Waals surface area contributed by atoms with Gasteiger partial charge in [-0.2, -0.15) is 0 Å². The molecule has 1 N–H and O–H groups in total. The molecule has 0 fully saturated rings. The molecule has 126 valence electrons. The monoisotopic (exact) mass is 360 g/mol. The third-order valence-corrected chi connectivity index (χ3v) is 7.09. The largest absolute Gasteiger partial charge is 0.478 e. The van der Waals surface area contributed by atoms with Gasteiger partial charge in [-0.25, -0.2) is 17.6 Å². The van der Waals surface area contributed by atoms with Gasteiger partial charge in [0.05, 0.1) is 16.1 Å². The van der Waals surface area contributed by atoms with Gasteiger partial charge in [0.25, 0.3) is 0 Å². The van der Waals surface area contributed by atoms with Gasteiger partial charge >= 0.3 is 5.97 Å². The summed E-state index contributed by atoms with van der Waals surface area (Å²) in [7, 11) is -3.81. The Morgan fingerprint density at radius 3 is 2.74 bits per heavy atom. The number of hydrogen-bond donors (Lipinski definition) is 1. The van der Waals surface area contributed by atoms with E-state index in [0.717, 1.165) is 12.1 Å². The van der Waals surface area contributed by atoms with E-state index < -0.39 is 32.1 Å². The highest BCUT2D eigenvalue weighted by molar-refractivity contribution is 7.92. The van der Waals surface area contributed by atoms with E-state index in [9.17, 15) is 22.7 Å². The Hall–Kier alpha value is -1.40. The molecule has 0 heterocycles. The lowest BCUT2D eigenvalue weighted by Gasteiger charge is -2.27. The second-order valence-corrected chi connectivity index (χ2v) is 8.26. The standard InChI is InChI=1S/C16H18ClFO4S/c1-2-14(11-8-7-10(18)9-13(11)17)23(21,22)15-6-4-3-5-12(15)16(19)20/h5,7-9,14-15H,2-4,6H2,1H3,(H,19,20). The van der Waals surface area contributed by atoms with Crippen molar-refractivity contribution in [1.82, 2.24) is 0 Å². The maximum atomic E-state index is 13.2. The number of sulfone groups is 1. The smallest absolute Gasteiger partial charge is 0.332 e. The highest BCUT2D eigenvalue weighted by atomic mass is 35.5. The van der Waals surface area contributed by atoms with Crippen LogP contribution >= 0.6 is 11.6 Å². The van der Waals surface area contributed by atoms with Crippen molar-refractivity contribution >= 4 is 27.4 Å². The molecule has 2 atom stereocenters. The van der Waals surface area contributed by atoms with Crippen LogP contribution < -0.4 is 0 Å². The minimum absolute atomic E-state index is 0.0390. The summed E-state index contributed by atoms with van der Waals surface area (Å²) >= 11 is 6.01. The summed E-state index contributed by atoms with van der Waals surface area (Å²) in [5, 5.41) is 7.31. The molecule has 1 aromatic carbocycles. The Labute approximate surface area is 139 Å². The number of benzene rings is 1. The molecule has 2 rings (SSSR count). The molecule has 0 aromatic heterocycles. The fraction of sp³-hybridized carbons (Fsp3) is 0.438. The normalized spacial score (nSPS) is 20.0. The quantitative estimate of drug-likeness (QED) is 0.864. The average Bonchev–Trinajstić information content (AvgIpc) is 2.50. The molecule has 4 nitrogen and oxygen atoms in total. The van der Waals surface area contributed by atoms with Crippen molar-refractivity contribution in [1.29, 1.82) is 0 Å². The number of carboxylic acid groups (broad SMARTS) is 1. The first-order valence-electron chi connectivity index (χ1n) is 7.40. The summed E-state index contributed by atoms with van der Waals surface area (Å²) < 4.78 is 39.2. The fourth-order valence-electron chi connectivity index (χ4n) is 3.00. The number of aliphatic carboxylic acids is 1. The van der Waals surface area contributed by atoms with Crippen LogP contribution in [0.2, 0.25) is 5.02 Å². The van der Waals surface area contributed by atoms with E-state index >= 15 is 0 Å². The number of allylic oxidation sites excluding steroid dienone is 1. The van der Waals surface area contributed by atoms with Crippen LogP contribution in [0.4, 0.5) is 4.39 Å². The van der Waals surface area contributed by atoms with Gasteiger partial charge in [-0.3, -0.25) is 0 Å². The minimum atomic E-state index is -3.81. The predicted octanol–water partition coefficient (Wildman–Crippen LogP) is 3.91. The maximum absolute atomic E-state index is 13.2. The SMILES string of the molecule is CCC(c1ccc(F)cc1Cl)S(=O)(=O)C1CCCC=C1C(=O)O. The van der Waals surface area contributed by atoms with Crippen molar-refractivity contribution in [2.24, 2.45) is 0 Å². The summed E-state index contributed by atoms with van der Waals surface area (Å²) in [4.78, 5) is 11.4. The van der Waals surface area contributed by atoms with Crippen LogP contribution in [0.3, 0.4) is 0 Å². The summed E-state index contributed by atoms with van der Waals surface area (Å²) in [6, 6.07) is 3.59. The molecule has 0 saturated carbocycles. The molecule has 2 unspecified atom stereocenters. The first kappa shape index (κ1) is 17.9. The van der Waals surface area contributed by atoms with Crippen LogP contribution in [0.25, 0.3) is 0 Å². The van der Waals surface area contributed by atoms with Crippen molar-refractivity contribution in [2.75, 3.05) is 0 Å². The van der Waals surface area contributed by atoms with Crippen molar-refractivity contribution in [3.05, 3.63) is 46.3 Å². The second kappa shape index (κ2) is 7.01. The molecule has 0 radical (unpaired) electrons. The molecule has 1 aromatic rings. The Kier molecular flexibility index (Phi) is 5.47. The van der Waals surface area contributed by atoms with Gasteiger partial charge in [0, 0.05) is 5.02 Å². The number of carboxylic acids is 1. The first-order valence-corrected chi connectivity index (χ1v) is 9.38. The summed E-state index contributed by atoms with van der Waals surface area (Å²) in [6.07, 6.45) is 3.16. The Bertz CT molecular complexity index is 742. The molecular weight excluding hydrogens is 343 g/mol.